The largest absolute Gasteiger partial charge is 0.482 e. The molecule has 2 heterocycles. The molecule has 0 saturated heterocycles. The number of aromatic nitrogens is 1. The minimum atomic E-state index is -1.10. The van der Waals surface area contributed by atoms with E-state index in [9.17, 15) is 14.7 Å². The quantitative estimate of drug-likeness (QED) is 0.303. The van der Waals surface area contributed by atoms with Crippen LogP contribution in [0.5, 0.6) is 5.75 Å². The van der Waals surface area contributed by atoms with Crippen LogP contribution in [-0.2, 0) is 22.6 Å². The van der Waals surface area contributed by atoms with E-state index >= 15 is 0 Å². The number of hydrogen-bond donors (Lipinski definition) is 1. The zero-order chi connectivity index (χ0) is 25.8. The number of hydrogen-bond acceptors (Lipinski definition) is 6. The van der Waals surface area contributed by atoms with Crippen LogP contribution in [0, 0.1) is 0 Å². The molecule has 5 rings (SSSR count). The van der Waals surface area contributed by atoms with Gasteiger partial charge >= 0.3 is 12.1 Å². The van der Waals surface area contributed by atoms with E-state index in [1.165, 1.54) is 11.3 Å². The summed E-state index contributed by atoms with van der Waals surface area (Å²) >= 11 is 7.87. The number of ether oxygens (including phenoxy) is 2. The maximum absolute atomic E-state index is 13.4. The summed E-state index contributed by atoms with van der Waals surface area (Å²) in [5.41, 5.74) is 3.31. The molecule has 1 amide bonds. The standard InChI is InChI=1S/C28H23ClN2O5S/c29-20-11-12-23(35-17-24(32)33)21(15-20)25-26-22(30-27(37-26)19-9-5-2-6-10-19)13-14-31(25)28(34)36-16-18-7-3-1-4-8-18/h1-12,15,25H,13-14,16-17H2,(H,32,33). The van der Waals surface area contributed by atoms with E-state index in [1.54, 1.807) is 23.1 Å². The van der Waals surface area contributed by atoms with Crippen LogP contribution in [0.1, 0.15) is 27.7 Å². The van der Waals surface area contributed by atoms with E-state index in [-0.39, 0.29) is 6.61 Å². The number of halogens is 1. The van der Waals surface area contributed by atoms with E-state index in [0.717, 1.165) is 26.7 Å². The molecule has 1 aromatic heterocycles. The van der Waals surface area contributed by atoms with Gasteiger partial charge in [0.05, 0.1) is 10.6 Å². The SMILES string of the molecule is O=C(O)COc1ccc(Cl)cc1C1c2sc(-c3ccccc3)nc2CCN1C(=O)OCc1ccccc1. The lowest BCUT2D eigenvalue weighted by atomic mass is 9.97. The summed E-state index contributed by atoms with van der Waals surface area (Å²) in [5, 5.41) is 10.5. The van der Waals surface area contributed by atoms with Gasteiger partial charge < -0.3 is 14.6 Å². The van der Waals surface area contributed by atoms with Gasteiger partial charge in [-0.05, 0) is 23.8 Å². The van der Waals surface area contributed by atoms with Crippen molar-refractivity contribution in [1.82, 2.24) is 9.88 Å². The minimum absolute atomic E-state index is 0.131. The average molecular weight is 535 g/mol. The molecule has 0 saturated carbocycles. The van der Waals surface area contributed by atoms with Crippen molar-refractivity contribution in [2.45, 2.75) is 19.1 Å². The summed E-state index contributed by atoms with van der Waals surface area (Å²) < 4.78 is 11.3. The summed E-state index contributed by atoms with van der Waals surface area (Å²) in [5.74, 6) is -0.770. The first-order chi connectivity index (χ1) is 18.0. The Balaban J connectivity index is 1.55. The highest BCUT2D eigenvalue weighted by atomic mass is 35.5. The highest BCUT2D eigenvalue weighted by Crippen LogP contribution is 2.45. The second-order valence-corrected chi connectivity index (χ2v) is 9.91. The smallest absolute Gasteiger partial charge is 0.410 e. The van der Waals surface area contributed by atoms with Crippen LogP contribution < -0.4 is 4.74 Å². The fraction of sp³-hybridized carbons (Fsp3) is 0.179. The molecule has 1 unspecified atom stereocenters. The number of aliphatic carboxylic acids is 1. The predicted octanol–water partition coefficient (Wildman–Crippen LogP) is 6.21. The molecule has 7 nitrogen and oxygen atoms in total. The van der Waals surface area contributed by atoms with Gasteiger partial charge in [-0.15, -0.1) is 11.3 Å². The van der Waals surface area contributed by atoms with E-state index in [0.29, 0.717) is 29.3 Å². The van der Waals surface area contributed by atoms with Crippen LogP contribution in [0.2, 0.25) is 5.02 Å². The molecule has 3 aromatic carbocycles. The average Bonchev–Trinajstić information content (AvgIpc) is 3.36. The van der Waals surface area contributed by atoms with E-state index in [4.69, 9.17) is 26.1 Å². The van der Waals surface area contributed by atoms with Crippen LogP contribution in [0.4, 0.5) is 4.79 Å². The Hall–Kier alpha value is -3.88. The lowest BCUT2D eigenvalue weighted by Crippen LogP contribution is -2.40. The van der Waals surface area contributed by atoms with Crippen molar-refractivity contribution in [3.05, 3.63) is 106 Å². The van der Waals surface area contributed by atoms with E-state index < -0.39 is 24.7 Å². The van der Waals surface area contributed by atoms with Gasteiger partial charge in [0.25, 0.3) is 0 Å². The first kappa shape index (κ1) is 24.8. The Bertz CT molecular complexity index is 1410. The molecule has 9 heteroatoms. The second-order valence-electron chi connectivity index (χ2n) is 8.45. The van der Waals surface area contributed by atoms with Gasteiger partial charge in [0, 0.05) is 29.1 Å². The topological polar surface area (TPSA) is 89.0 Å². The Labute approximate surface area is 222 Å². The Morgan fingerprint density at radius 3 is 2.51 bits per heavy atom. The molecular formula is C28H23ClN2O5S. The number of benzene rings is 3. The molecule has 0 spiro atoms. The Kier molecular flexibility index (Phi) is 7.39. The summed E-state index contributed by atoms with van der Waals surface area (Å²) in [4.78, 5) is 32.0. The molecule has 1 atom stereocenters. The lowest BCUT2D eigenvalue weighted by molar-refractivity contribution is -0.139. The predicted molar refractivity (Wildman–Crippen MR) is 141 cm³/mol. The number of carboxylic acids is 1. The molecule has 1 aliphatic heterocycles. The van der Waals surface area contributed by atoms with Crippen LogP contribution in [0.25, 0.3) is 10.6 Å². The third kappa shape index (κ3) is 5.60. The van der Waals surface area contributed by atoms with Gasteiger partial charge in [0.1, 0.15) is 23.4 Å². The van der Waals surface area contributed by atoms with Crippen LogP contribution >= 0.6 is 22.9 Å². The summed E-state index contributed by atoms with van der Waals surface area (Å²) in [7, 11) is 0. The Morgan fingerprint density at radius 1 is 1.05 bits per heavy atom. The number of amides is 1. The molecular weight excluding hydrogens is 512 g/mol. The van der Waals surface area contributed by atoms with Crippen molar-refractivity contribution in [1.29, 1.82) is 0 Å². The molecule has 37 heavy (non-hydrogen) atoms. The van der Waals surface area contributed by atoms with Crippen molar-refractivity contribution < 1.29 is 24.2 Å². The minimum Gasteiger partial charge on any atom is -0.482 e. The van der Waals surface area contributed by atoms with Gasteiger partial charge in [-0.25, -0.2) is 14.6 Å². The van der Waals surface area contributed by atoms with Crippen molar-refractivity contribution in [3.63, 3.8) is 0 Å². The first-order valence-corrected chi connectivity index (χ1v) is 12.9. The molecule has 0 fully saturated rings. The van der Waals surface area contributed by atoms with Crippen LogP contribution in [-0.4, -0.2) is 40.2 Å². The Morgan fingerprint density at radius 2 is 1.78 bits per heavy atom. The van der Waals surface area contributed by atoms with E-state index in [1.807, 2.05) is 60.7 Å². The van der Waals surface area contributed by atoms with Gasteiger partial charge in [-0.2, -0.15) is 0 Å². The fourth-order valence-corrected chi connectivity index (χ4v) is 5.70. The van der Waals surface area contributed by atoms with Gasteiger partial charge in [0.2, 0.25) is 0 Å². The van der Waals surface area contributed by atoms with Gasteiger partial charge in [-0.1, -0.05) is 72.3 Å². The summed E-state index contributed by atoms with van der Waals surface area (Å²) in [6.07, 6.45) is 0.0694. The molecule has 1 N–H and O–H groups in total. The molecule has 188 valence electrons. The summed E-state index contributed by atoms with van der Waals surface area (Å²) in [6.45, 7) is -0.0234. The molecule has 0 radical (unpaired) electrons. The maximum Gasteiger partial charge on any atom is 0.410 e. The zero-order valence-corrected chi connectivity index (χ0v) is 21.2. The first-order valence-electron chi connectivity index (χ1n) is 11.7. The fourth-order valence-electron chi connectivity index (χ4n) is 4.27. The number of carboxylic acid groups (broad SMARTS) is 1. The van der Waals surface area contributed by atoms with E-state index in [2.05, 4.69) is 0 Å². The number of carbonyl (C=O) groups excluding carboxylic acids is 1. The van der Waals surface area contributed by atoms with Crippen molar-refractivity contribution in [3.8, 4) is 16.3 Å². The second kappa shape index (κ2) is 11.0. The monoisotopic (exact) mass is 534 g/mol. The lowest BCUT2D eigenvalue weighted by Gasteiger charge is -2.35. The van der Waals surface area contributed by atoms with Crippen LogP contribution in [0.3, 0.4) is 0 Å². The highest BCUT2D eigenvalue weighted by Gasteiger charge is 2.38. The molecule has 1 aliphatic rings. The van der Waals surface area contributed by atoms with Gasteiger partial charge in [-0.3, -0.25) is 4.90 Å². The molecule has 0 bridgehead atoms. The number of fused-ring (bicyclic) bond motifs is 1. The molecule has 4 aromatic rings. The number of carbonyl (C=O) groups is 2. The summed E-state index contributed by atoms with van der Waals surface area (Å²) in [6, 6.07) is 23.7. The molecule has 0 aliphatic carbocycles. The number of nitrogens with zero attached hydrogens (tertiary/aromatic N) is 2. The van der Waals surface area contributed by atoms with Crippen molar-refractivity contribution in [2.75, 3.05) is 13.2 Å². The highest BCUT2D eigenvalue weighted by molar-refractivity contribution is 7.15. The number of rotatable bonds is 7. The normalized spacial score (nSPS) is 14.6. The van der Waals surface area contributed by atoms with Crippen LogP contribution in [0.15, 0.2) is 78.9 Å². The third-order valence-electron chi connectivity index (χ3n) is 5.96. The zero-order valence-electron chi connectivity index (χ0n) is 19.7. The maximum atomic E-state index is 13.4. The number of thiazole rings is 1. The third-order valence-corrected chi connectivity index (χ3v) is 7.39. The van der Waals surface area contributed by atoms with Crippen molar-refractivity contribution >= 4 is 35.0 Å². The van der Waals surface area contributed by atoms with Crippen molar-refractivity contribution in [2.24, 2.45) is 0 Å². The van der Waals surface area contributed by atoms with Gasteiger partial charge in [0.15, 0.2) is 6.61 Å².